The summed E-state index contributed by atoms with van der Waals surface area (Å²) >= 11 is 0. The Morgan fingerprint density at radius 3 is 2.21 bits per heavy atom. The Morgan fingerprint density at radius 1 is 0.912 bits per heavy atom. The monoisotopic (exact) mass is 458 g/mol. The van der Waals surface area contributed by atoms with Crippen molar-refractivity contribution in [1.29, 1.82) is 0 Å². The normalized spacial score (nSPS) is 16.3. The van der Waals surface area contributed by atoms with E-state index in [1.165, 1.54) is 5.56 Å². The molecule has 178 valence electrons. The van der Waals surface area contributed by atoms with Crippen LogP contribution < -0.4 is 4.90 Å². The van der Waals surface area contributed by atoms with Crippen molar-refractivity contribution in [2.75, 3.05) is 44.2 Å². The van der Waals surface area contributed by atoms with Gasteiger partial charge in [0, 0.05) is 44.0 Å². The number of ketones is 1. The van der Waals surface area contributed by atoms with Crippen molar-refractivity contribution in [2.24, 2.45) is 0 Å². The highest BCUT2D eigenvalue weighted by Gasteiger charge is 2.22. The minimum atomic E-state index is -0.559. The molecule has 0 spiro atoms. The molecule has 34 heavy (non-hydrogen) atoms. The van der Waals surface area contributed by atoms with Crippen molar-refractivity contribution in [2.45, 2.75) is 26.1 Å². The maximum absolute atomic E-state index is 11.5. The third-order valence-electron chi connectivity index (χ3n) is 6.51. The summed E-state index contributed by atoms with van der Waals surface area (Å²) in [4.78, 5) is 16.1. The molecule has 0 bridgehead atoms. The molecular formula is C29H34N2O3. The van der Waals surface area contributed by atoms with E-state index in [0.717, 1.165) is 48.6 Å². The average molecular weight is 459 g/mol. The van der Waals surface area contributed by atoms with Crippen LogP contribution in [0.2, 0.25) is 0 Å². The van der Waals surface area contributed by atoms with Gasteiger partial charge in [0.25, 0.3) is 0 Å². The van der Waals surface area contributed by atoms with Crippen molar-refractivity contribution >= 4 is 11.5 Å². The van der Waals surface area contributed by atoms with E-state index in [1.54, 1.807) is 6.92 Å². The Hall–Kier alpha value is -2.99. The van der Waals surface area contributed by atoms with Gasteiger partial charge in [-0.05, 0) is 54.8 Å². The molecule has 0 unspecified atom stereocenters. The molecule has 3 aromatic carbocycles. The summed E-state index contributed by atoms with van der Waals surface area (Å²) in [5, 5.41) is 10.8. The quantitative estimate of drug-likeness (QED) is 0.479. The predicted molar refractivity (Wildman–Crippen MR) is 137 cm³/mol. The van der Waals surface area contributed by atoms with Crippen molar-refractivity contribution in [1.82, 2.24) is 4.90 Å². The highest BCUT2D eigenvalue weighted by Crippen LogP contribution is 2.28. The molecule has 0 radical (unpaired) electrons. The van der Waals surface area contributed by atoms with E-state index < -0.39 is 6.10 Å². The van der Waals surface area contributed by atoms with Crippen molar-refractivity contribution in [3.63, 3.8) is 0 Å². The van der Waals surface area contributed by atoms with Crippen LogP contribution in [-0.4, -0.2) is 61.2 Å². The van der Waals surface area contributed by atoms with Gasteiger partial charge in [-0.1, -0.05) is 54.6 Å². The first-order valence-electron chi connectivity index (χ1n) is 12.0. The van der Waals surface area contributed by atoms with E-state index in [0.29, 0.717) is 6.54 Å². The maximum Gasteiger partial charge on any atom is 0.159 e. The van der Waals surface area contributed by atoms with Gasteiger partial charge in [0.15, 0.2) is 5.78 Å². The molecule has 0 amide bonds. The van der Waals surface area contributed by atoms with Crippen LogP contribution in [0.5, 0.6) is 0 Å². The standard InChI is InChI=1S/C29H34N2O3/c1-22-8-6-7-11-28(22)29(25-9-4-3-5-10-25)34-21-27(33)20-30-16-18-31(19-17-30)26-14-12-24(13-15-26)23(2)32/h3-15,27,29,33H,16-21H2,1-2H3/t27-,29-/m1/s1. The fourth-order valence-electron chi connectivity index (χ4n) is 4.53. The molecule has 2 atom stereocenters. The molecule has 1 aliphatic heterocycles. The van der Waals surface area contributed by atoms with Gasteiger partial charge in [-0.2, -0.15) is 0 Å². The molecule has 0 aromatic heterocycles. The number of hydrogen-bond acceptors (Lipinski definition) is 5. The van der Waals surface area contributed by atoms with Gasteiger partial charge < -0.3 is 14.7 Å². The molecule has 1 heterocycles. The smallest absolute Gasteiger partial charge is 0.159 e. The topological polar surface area (TPSA) is 53.0 Å². The lowest BCUT2D eigenvalue weighted by atomic mass is 9.97. The summed E-state index contributed by atoms with van der Waals surface area (Å²) in [6, 6.07) is 26.3. The maximum atomic E-state index is 11.5. The van der Waals surface area contributed by atoms with E-state index in [1.807, 2.05) is 54.6 Å². The van der Waals surface area contributed by atoms with Gasteiger partial charge in [0.1, 0.15) is 6.10 Å². The Labute approximate surface area is 202 Å². The number of rotatable bonds is 9. The van der Waals surface area contributed by atoms with Crippen LogP contribution in [0, 0.1) is 6.92 Å². The first-order chi connectivity index (χ1) is 16.5. The minimum absolute atomic E-state index is 0.0875. The molecule has 0 saturated carbocycles. The Morgan fingerprint density at radius 2 is 1.56 bits per heavy atom. The van der Waals surface area contributed by atoms with E-state index in [2.05, 4.69) is 41.0 Å². The molecule has 1 saturated heterocycles. The number of β-amino-alcohol motifs (C(OH)–C–C–N with tert-alkyl or cyclic N) is 1. The molecular weight excluding hydrogens is 424 g/mol. The molecule has 5 heteroatoms. The minimum Gasteiger partial charge on any atom is -0.389 e. The van der Waals surface area contributed by atoms with Crippen molar-refractivity contribution in [3.8, 4) is 0 Å². The van der Waals surface area contributed by atoms with Crippen molar-refractivity contribution in [3.05, 3.63) is 101 Å². The molecule has 1 fully saturated rings. The van der Waals surface area contributed by atoms with Crippen molar-refractivity contribution < 1.29 is 14.6 Å². The van der Waals surface area contributed by atoms with Gasteiger partial charge in [-0.25, -0.2) is 0 Å². The second kappa shape index (κ2) is 11.4. The lowest BCUT2D eigenvalue weighted by Gasteiger charge is -2.37. The zero-order chi connectivity index (χ0) is 23.9. The summed E-state index contributed by atoms with van der Waals surface area (Å²) in [6.45, 7) is 8.10. The molecule has 3 aromatic rings. The summed E-state index contributed by atoms with van der Waals surface area (Å²) < 4.78 is 6.30. The number of carbonyl (C=O) groups is 1. The molecule has 5 nitrogen and oxygen atoms in total. The van der Waals surface area contributed by atoms with E-state index >= 15 is 0 Å². The predicted octanol–water partition coefficient (Wildman–Crippen LogP) is 4.49. The van der Waals surface area contributed by atoms with E-state index in [9.17, 15) is 9.90 Å². The third-order valence-corrected chi connectivity index (χ3v) is 6.51. The van der Waals surface area contributed by atoms with E-state index in [-0.39, 0.29) is 18.5 Å². The number of aliphatic hydroxyl groups excluding tert-OH is 1. The second-order valence-electron chi connectivity index (χ2n) is 9.03. The molecule has 1 N–H and O–H groups in total. The van der Waals surface area contributed by atoms with Crippen LogP contribution in [-0.2, 0) is 4.74 Å². The van der Waals surface area contributed by atoms with Crippen LogP contribution >= 0.6 is 0 Å². The Balaban J connectivity index is 1.30. The summed E-state index contributed by atoms with van der Waals surface area (Å²) in [5.74, 6) is 0.0875. The summed E-state index contributed by atoms with van der Waals surface area (Å²) in [6.07, 6.45) is -0.761. The molecule has 1 aliphatic rings. The van der Waals surface area contributed by atoms with Crippen LogP contribution in [0.25, 0.3) is 0 Å². The van der Waals surface area contributed by atoms with Crippen LogP contribution in [0.3, 0.4) is 0 Å². The first-order valence-corrected chi connectivity index (χ1v) is 12.0. The highest BCUT2D eigenvalue weighted by molar-refractivity contribution is 5.94. The lowest BCUT2D eigenvalue weighted by Crippen LogP contribution is -2.49. The van der Waals surface area contributed by atoms with Gasteiger partial charge >= 0.3 is 0 Å². The number of carbonyl (C=O) groups excluding carboxylic acids is 1. The summed E-state index contributed by atoms with van der Waals surface area (Å²) in [7, 11) is 0. The van der Waals surface area contributed by atoms with Crippen LogP contribution in [0.15, 0.2) is 78.9 Å². The second-order valence-corrected chi connectivity index (χ2v) is 9.03. The fourth-order valence-corrected chi connectivity index (χ4v) is 4.53. The zero-order valence-electron chi connectivity index (χ0n) is 20.1. The lowest BCUT2D eigenvalue weighted by molar-refractivity contribution is -0.00911. The number of hydrogen-bond donors (Lipinski definition) is 1. The SMILES string of the molecule is CC(=O)c1ccc(N2CCN(C[C@@H](O)CO[C@H](c3ccccc3)c3ccccc3C)CC2)cc1. The largest absolute Gasteiger partial charge is 0.389 e. The first kappa shape index (κ1) is 24.1. The number of anilines is 1. The van der Waals surface area contributed by atoms with Gasteiger partial charge in [-0.3, -0.25) is 9.69 Å². The number of Topliss-reactive ketones (excluding diaryl/α,β-unsaturated/α-hetero) is 1. The van der Waals surface area contributed by atoms with Crippen LogP contribution in [0.1, 0.15) is 40.1 Å². The zero-order valence-corrected chi connectivity index (χ0v) is 20.1. The number of piperazine rings is 1. The highest BCUT2D eigenvalue weighted by atomic mass is 16.5. The van der Waals surface area contributed by atoms with E-state index in [4.69, 9.17) is 4.74 Å². The number of benzene rings is 3. The fraction of sp³-hybridized carbons (Fsp3) is 0.345. The molecule has 4 rings (SSSR count). The number of aryl methyl sites for hydroxylation is 1. The summed E-state index contributed by atoms with van der Waals surface area (Å²) in [5.41, 5.74) is 5.28. The third kappa shape index (κ3) is 6.11. The molecule has 0 aliphatic carbocycles. The number of aliphatic hydroxyl groups is 1. The number of ether oxygens (including phenoxy) is 1. The Bertz CT molecular complexity index is 1060. The average Bonchev–Trinajstić information content (AvgIpc) is 2.86. The Kier molecular flexibility index (Phi) is 8.12. The van der Waals surface area contributed by atoms with Gasteiger partial charge in [0.2, 0.25) is 0 Å². The van der Waals surface area contributed by atoms with Gasteiger partial charge in [-0.15, -0.1) is 0 Å². The van der Waals surface area contributed by atoms with Gasteiger partial charge in [0.05, 0.1) is 12.7 Å². The number of nitrogens with zero attached hydrogens (tertiary/aromatic N) is 2. The van der Waals surface area contributed by atoms with Crippen LogP contribution in [0.4, 0.5) is 5.69 Å².